The van der Waals surface area contributed by atoms with Crippen molar-refractivity contribution in [3.63, 3.8) is 0 Å². The van der Waals surface area contributed by atoms with Crippen molar-refractivity contribution in [1.82, 2.24) is 5.32 Å². The van der Waals surface area contributed by atoms with Crippen LogP contribution in [-0.4, -0.2) is 28.8 Å². The minimum Gasteiger partial charge on any atom is -0.326 e. The van der Waals surface area contributed by atoms with Crippen LogP contribution in [0.3, 0.4) is 0 Å². The van der Waals surface area contributed by atoms with Gasteiger partial charge in [0.05, 0.1) is 0 Å². The molecule has 5 nitrogen and oxygen atoms in total. The van der Waals surface area contributed by atoms with E-state index in [1.54, 1.807) is 0 Å². The van der Waals surface area contributed by atoms with Crippen LogP contribution < -0.4 is 10.6 Å². The maximum atomic E-state index is 12.2. The fraction of sp³-hybridized carbons (Fsp3) is 0.471. The van der Waals surface area contributed by atoms with Crippen molar-refractivity contribution in [2.75, 3.05) is 11.9 Å². The fourth-order valence-electron chi connectivity index (χ4n) is 2.25. The van der Waals surface area contributed by atoms with Crippen LogP contribution in [0.4, 0.5) is 5.69 Å². The number of thioether (sulfide) groups is 1. The number of carbonyl (C=O) groups excluding carboxylic acids is 2. The summed E-state index contributed by atoms with van der Waals surface area (Å²) >= 11 is 1.34. The molecule has 0 aliphatic carbocycles. The summed E-state index contributed by atoms with van der Waals surface area (Å²) < 4.78 is 0. The van der Waals surface area contributed by atoms with Crippen molar-refractivity contribution >= 4 is 34.4 Å². The lowest BCUT2D eigenvalue weighted by atomic mass is 10.1. The van der Waals surface area contributed by atoms with E-state index < -0.39 is 5.25 Å². The zero-order valence-corrected chi connectivity index (χ0v) is 14.8. The molecule has 0 radical (unpaired) electrons. The lowest BCUT2D eigenvalue weighted by Gasteiger charge is -2.12. The van der Waals surface area contributed by atoms with Crippen LogP contribution in [0, 0.1) is 19.8 Å². The van der Waals surface area contributed by atoms with Gasteiger partial charge in [0, 0.05) is 18.7 Å². The van der Waals surface area contributed by atoms with Gasteiger partial charge in [0.1, 0.15) is 5.25 Å². The summed E-state index contributed by atoms with van der Waals surface area (Å²) in [4.78, 5) is 28.6. The highest BCUT2D eigenvalue weighted by Crippen LogP contribution is 2.24. The number of carbonyl (C=O) groups is 2. The van der Waals surface area contributed by atoms with E-state index in [0.29, 0.717) is 17.6 Å². The van der Waals surface area contributed by atoms with Gasteiger partial charge in [-0.2, -0.15) is 0 Å². The maximum Gasteiger partial charge on any atom is 0.240 e. The van der Waals surface area contributed by atoms with Crippen LogP contribution in [0.1, 0.15) is 31.4 Å². The van der Waals surface area contributed by atoms with Gasteiger partial charge in [-0.25, -0.2) is 0 Å². The van der Waals surface area contributed by atoms with Gasteiger partial charge in [0.15, 0.2) is 5.17 Å². The number of aliphatic imine (C=N–C) groups is 1. The number of anilines is 1. The average Bonchev–Trinajstić information content (AvgIpc) is 2.81. The smallest absolute Gasteiger partial charge is 0.240 e. The number of para-hydroxylation sites is 1. The minimum atomic E-state index is -0.412. The first-order valence-electron chi connectivity index (χ1n) is 7.75. The normalized spacial score (nSPS) is 19.3. The zero-order valence-electron chi connectivity index (χ0n) is 14.0. The molecule has 0 spiro atoms. The molecule has 2 amide bonds. The van der Waals surface area contributed by atoms with Crippen molar-refractivity contribution in [3.8, 4) is 0 Å². The molecule has 124 valence electrons. The highest BCUT2D eigenvalue weighted by Gasteiger charge is 2.32. The summed E-state index contributed by atoms with van der Waals surface area (Å²) in [6.07, 6.45) is 0.144. The molecule has 1 fully saturated rings. The number of hydrogen-bond donors (Lipinski definition) is 2. The molecule has 0 aromatic heterocycles. The van der Waals surface area contributed by atoms with Crippen LogP contribution in [0.5, 0.6) is 0 Å². The number of amides is 2. The van der Waals surface area contributed by atoms with Crippen molar-refractivity contribution < 1.29 is 9.59 Å². The van der Waals surface area contributed by atoms with Crippen LogP contribution in [-0.2, 0) is 9.59 Å². The second-order valence-electron chi connectivity index (χ2n) is 6.15. The third-order valence-corrected chi connectivity index (χ3v) is 4.61. The molecule has 2 N–H and O–H groups in total. The Balaban J connectivity index is 1.96. The molecule has 1 aliphatic rings. The third-order valence-electron chi connectivity index (χ3n) is 3.49. The van der Waals surface area contributed by atoms with Gasteiger partial charge in [-0.3, -0.25) is 14.6 Å². The molecule has 1 aromatic carbocycles. The van der Waals surface area contributed by atoms with Gasteiger partial charge in [-0.15, -0.1) is 0 Å². The van der Waals surface area contributed by atoms with E-state index in [-0.39, 0.29) is 18.2 Å². The number of nitrogens with one attached hydrogen (secondary N) is 2. The Morgan fingerprint density at radius 1 is 1.35 bits per heavy atom. The molecule has 2 rings (SSSR count). The SMILES string of the molecule is Cc1cccc(C)c1NC(=O)C[C@H]1SC(=NCC(C)C)NC1=O. The molecule has 1 saturated heterocycles. The number of amidine groups is 1. The maximum absolute atomic E-state index is 12.2. The first-order chi connectivity index (χ1) is 10.9. The van der Waals surface area contributed by atoms with Crippen molar-refractivity contribution in [2.24, 2.45) is 10.9 Å². The molecule has 0 saturated carbocycles. The summed E-state index contributed by atoms with van der Waals surface area (Å²) in [6.45, 7) is 8.72. The number of aryl methyl sites for hydroxylation is 2. The lowest BCUT2D eigenvalue weighted by molar-refractivity contribution is -0.122. The quantitative estimate of drug-likeness (QED) is 0.870. The molecule has 1 heterocycles. The number of nitrogens with zero attached hydrogens (tertiary/aromatic N) is 1. The molecule has 0 unspecified atom stereocenters. The highest BCUT2D eigenvalue weighted by molar-refractivity contribution is 8.15. The Kier molecular flexibility index (Phi) is 5.82. The van der Waals surface area contributed by atoms with E-state index in [1.807, 2.05) is 32.0 Å². The van der Waals surface area contributed by atoms with Gasteiger partial charge in [-0.05, 0) is 30.9 Å². The van der Waals surface area contributed by atoms with E-state index in [4.69, 9.17) is 0 Å². The molecule has 0 bridgehead atoms. The largest absolute Gasteiger partial charge is 0.326 e. The van der Waals surface area contributed by atoms with Crippen LogP contribution in [0.25, 0.3) is 0 Å². The third kappa shape index (κ3) is 4.82. The van der Waals surface area contributed by atoms with E-state index in [9.17, 15) is 9.59 Å². The Hall–Kier alpha value is -1.82. The minimum absolute atomic E-state index is 0.144. The van der Waals surface area contributed by atoms with E-state index >= 15 is 0 Å². The van der Waals surface area contributed by atoms with E-state index in [2.05, 4.69) is 29.5 Å². The Labute approximate surface area is 141 Å². The number of benzene rings is 1. The van der Waals surface area contributed by atoms with Crippen molar-refractivity contribution in [2.45, 2.75) is 39.4 Å². The predicted molar refractivity (Wildman–Crippen MR) is 95.8 cm³/mol. The van der Waals surface area contributed by atoms with Crippen LogP contribution >= 0.6 is 11.8 Å². The summed E-state index contributed by atoms with van der Waals surface area (Å²) in [7, 11) is 0. The summed E-state index contributed by atoms with van der Waals surface area (Å²) in [5, 5.41) is 5.87. The summed E-state index contributed by atoms with van der Waals surface area (Å²) in [6, 6.07) is 5.87. The summed E-state index contributed by atoms with van der Waals surface area (Å²) in [5.41, 5.74) is 2.86. The topological polar surface area (TPSA) is 70.6 Å². The summed E-state index contributed by atoms with van der Waals surface area (Å²) in [5.74, 6) is 0.140. The first kappa shape index (κ1) is 17.5. The monoisotopic (exact) mass is 333 g/mol. The molecule has 6 heteroatoms. The van der Waals surface area contributed by atoms with Crippen molar-refractivity contribution in [3.05, 3.63) is 29.3 Å². The highest BCUT2D eigenvalue weighted by atomic mass is 32.2. The van der Waals surface area contributed by atoms with Crippen LogP contribution in [0.2, 0.25) is 0 Å². The van der Waals surface area contributed by atoms with Crippen molar-refractivity contribution in [1.29, 1.82) is 0 Å². The Bertz CT molecular complexity index is 620. The molecular weight excluding hydrogens is 310 g/mol. The number of hydrogen-bond acceptors (Lipinski definition) is 4. The fourth-order valence-corrected chi connectivity index (χ4v) is 3.23. The Morgan fingerprint density at radius 2 is 2.00 bits per heavy atom. The van der Waals surface area contributed by atoms with Gasteiger partial charge >= 0.3 is 0 Å². The Morgan fingerprint density at radius 3 is 2.61 bits per heavy atom. The molecular formula is C17H23N3O2S. The molecule has 23 heavy (non-hydrogen) atoms. The van der Waals surface area contributed by atoms with Gasteiger partial charge in [0.25, 0.3) is 0 Å². The molecule has 1 aromatic rings. The van der Waals surface area contributed by atoms with E-state index in [0.717, 1.165) is 16.8 Å². The van der Waals surface area contributed by atoms with Gasteiger partial charge in [0.2, 0.25) is 11.8 Å². The first-order valence-corrected chi connectivity index (χ1v) is 8.63. The van der Waals surface area contributed by atoms with Gasteiger partial charge in [-0.1, -0.05) is 43.8 Å². The lowest BCUT2D eigenvalue weighted by Crippen LogP contribution is -2.28. The van der Waals surface area contributed by atoms with Gasteiger partial charge < -0.3 is 10.6 Å². The standard InChI is InChI=1S/C17H23N3O2S/c1-10(2)9-18-17-20-16(22)13(23-17)8-14(21)19-15-11(3)6-5-7-12(15)4/h5-7,10,13H,8-9H2,1-4H3,(H,19,21)(H,18,20,22)/t13-/m1/s1. The molecule has 1 atom stereocenters. The average molecular weight is 333 g/mol. The van der Waals surface area contributed by atoms with Crippen LogP contribution in [0.15, 0.2) is 23.2 Å². The second-order valence-corrected chi connectivity index (χ2v) is 7.35. The predicted octanol–water partition coefficient (Wildman–Crippen LogP) is 2.88. The zero-order chi connectivity index (χ0) is 17.0. The number of rotatable bonds is 5. The molecule has 1 aliphatic heterocycles. The second kappa shape index (κ2) is 7.64. The van der Waals surface area contributed by atoms with E-state index in [1.165, 1.54) is 11.8 Å².